The Bertz CT molecular complexity index is 2310. The van der Waals surface area contributed by atoms with Crippen LogP contribution in [0.1, 0.15) is 58.9 Å². The lowest BCUT2D eigenvalue weighted by atomic mass is 10.1. The zero-order valence-electron chi connectivity index (χ0n) is 34.1. The summed E-state index contributed by atoms with van der Waals surface area (Å²) in [4.78, 5) is 0. The summed E-state index contributed by atoms with van der Waals surface area (Å²) < 4.78 is 84.4. The van der Waals surface area contributed by atoms with E-state index in [9.17, 15) is 26.2 Å². The summed E-state index contributed by atoms with van der Waals surface area (Å²) in [7, 11) is -11.2. The molecule has 6 rings (SSSR count). The quantitative estimate of drug-likeness (QED) is 0.0592. The molecule has 338 valence electrons. The number of alkyl halides is 3. The van der Waals surface area contributed by atoms with E-state index >= 15 is 0 Å². The molecule has 0 bridgehead atoms. The third-order valence-electron chi connectivity index (χ3n) is 8.97. The van der Waals surface area contributed by atoms with Crippen LogP contribution in [0.25, 0.3) is 0 Å². The van der Waals surface area contributed by atoms with E-state index in [0.717, 1.165) is 39.2 Å². The fourth-order valence-electron chi connectivity index (χ4n) is 6.30. The molecule has 5 nitrogen and oxygen atoms in total. The first kappa shape index (κ1) is 57.7. The lowest BCUT2D eigenvalue weighted by Crippen LogP contribution is -2.42. The first-order valence-corrected chi connectivity index (χ1v) is 26.6. The summed E-state index contributed by atoms with van der Waals surface area (Å²) in [5.41, 5.74) is -2.11. The maximum atomic E-state index is 14.2. The smallest absolute Gasteiger partial charge is 0.376 e. The Labute approximate surface area is 374 Å². The predicted molar refractivity (Wildman–Crippen MR) is 267 cm³/mol. The van der Waals surface area contributed by atoms with E-state index in [1.807, 2.05) is 113 Å². The lowest BCUT2D eigenvalue weighted by molar-refractivity contribution is -0.0499. The van der Waals surface area contributed by atoms with Crippen molar-refractivity contribution in [1.82, 2.24) is 0 Å². The van der Waals surface area contributed by atoms with Crippen molar-refractivity contribution in [2.24, 2.45) is 0 Å². The summed E-state index contributed by atoms with van der Waals surface area (Å²) in [6.07, 6.45) is 0. The van der Waals surface area contributed by atoms with Gasteiger partial charge in [-0.3, -0.25) is 0 Å². The molecule has 0 amide bonds. The summed E-state index contributed by atoms with van der Waals surface area (Å²) in [6.45, 7) is 15.9. The van der Waals surface area contributed by atoms with Crippen molar-refractivity contribution in [3.8, 4) is 5.75 Å². The second kappa shape index (κ2) is 25.1. The third kappa shape index (κ3) is 14.6. The summed E-state index contributed by atoms with van der Waals surface area (Å²) in [5, 5.41) is 5.83. The van der Waals surface area contributed by atoms with E-state index in [2.05, 4.69) is 70.9 Å². The normalized spacial score (nSPS) is 11.1. The van der Waals surface area contributed by atoms with Gasteiger partial charge in [0.2, 0.25) is 0 Å². The van der Waals surface area contributed by atoms with E-state index in [1.54, 1.807) is 19.1 Å². The Morgan fingerprint density at radius 2 is 0.984 bits per heavy atom. The molecule has 0 fully saturated rings. The molecule has 0 radical (unpaired) electrons. The molecule has 0 aliphatic carbocycles. The molecule has 0 atom stereocenters. The number of hydrogen-bond donors (Lipinski definition) is 0. The Balaban J connectivity index is 0.000000882. The van der Waals surface area contributed by atoms with Gasteiger partial charge < -0.3 is 13.3 Å². The molecule has 0 saturated carbocycles. The number of hydrogen-bond acceptors (Lipinski definition) is 5. The van der Waals surface area contributed by atoms with Crippen LogP contribution in [0.4, 0.5) is 13.2 Å². The van der Waals surface area contributed by atoms with Gasteiger partial charge in [0.05, 0.1) is 16.2 Å². The minimum Gasteiger partial charge on any atom is -0.376 e. The van der Waals surface area contributed by atoms with Crippen molar-refractivity contribution in [3.05, 3.63) is 174 Å². The van der Waals surface area contributed by atoms with Gasteiger partial charge in [-0.2, -0.15) is 21.6 Å². The molecule has 0 aromatic heterocycles. The summed E-state index contributed by atoms with van der Waals surface area (Å²) in [6, 6.07) is 50.0. The van der Waals surface area contributed by atoms with Crippen LogP contribution in [-0.4, -0.2) is 28.6 Å². The minimum atomic E-state index is -5.65. The average molecular weight is 927 g/mol. The molecule has 0 saturated heterocycles. The van der Waals surface area contributed by atoms with E-state index in [-0.39, 0.29) is 35.5 Å². The van der Waals surface area contributed by atoms with Crippen LogP contribution < -0.4 is 35.9 Å². The van der Waals surface area contributed by atoms with E-state index < -0.39 is 39.0 Å². The first-order valence-electron chi connectivity index (χ1n) is 18.7. The first-order chi connectivity index (χ1) is 27.3. The van der Waals surface area contributed by atoms with Crippen LogP contribution in [0, 0.1) is 27.7 Å². The molecule has 0 unspecified atom stereocenters. The summed E-state index contributed by atoms with van der Waals surface area (Å²) in [5.74, 6) is -0.179. The van der Waals surface area contributed by atoms with Gasteiger partial charge in [-0.05, 0) is 62.6 Å². The molecule has 0 aliphatic heterocycles. The lowest BCUT2D eigenvalue weighted by Gasteiger charge is -2.24. The maximum absolute atomic E-state index is 14.2. The largest absolute Gasteiger partial charge is 0.534 e. The molecule has 6 aromatic carbocycles. The standard InChI is InChI=1S/C20H19OP.C14H15OP.C12H17F3O3SSi.4CH4/c1-16-13-14-17(2)20(15-16)22(21,18-9-5-3-6-10-18)19-11-7-4-8-12-19;1-2-15-16(13-9-5-3-6-10-13)14-11-7-4-8-12-14;1-8-6-7-9(2)11(20(3,4)5)10(8)18-19(16,17)12(13,14)15;;;;/h3-15H,1-2H3;3-12H,2H2,1H3;6-7H,1-5H3;4*1H4. The van der Waals surface area contributed by atoms with Crippen LogP contribution in [0.3, 0.4) is 0 Å². The van der Waals surface area contributed by atoms with Crippen molar-refractivity contribution < 1.29 is 34.9 Å². The molecule has 0 aliphatic rings. The van der Waals surface area contributed by atoms with Crippen LogP contribution >= 0.6 is 15.3 Å². The predicted octanol–water partition coefficient (Wildman–Crippen LogP) is 12.6. The zero-order chi connectivity index (χ0) is 42.7. The van der Waals surface area contributed by atoms with Crippen molar-refractivity contribution in [2.75, 3.05) is 6.61 Å². The second-order valence-electron chi connectivity index (χ2n) is 14.6. The van der Waals surface area contributed by atoms with Crippen molar-refractivity contribution >= 4 is 65.2 Å². The topological polar surface area (TPSA) is 69.7 Å². The highest BCUT2D eigenvalue weighted by atomic mass is 32.2. The van der Waals surface area contributed by atoms with Gasteiger partial charge in [0, 0.05) is 33.1 Å². The molecular formula is C50H67F3O5P2SSi. The van der Waals surface area contributed by atoms with Gasteiger partial charge in [0.25, 0.3) is 0 Å². The van der Waals surface area contributed by atoms with Gasteiger partial charge in [0.15, 0.2) is 7.14 Å². The number of benzene rings is 6. The van der Waals surface area contributed by atoms with Crippen molar-refractivity contribution in [1.29, 1.82) is 0 Å². The Morgan fingerprint density at radius 3 is 1.37 bits per heavy atom. The highest BCUT2D eigenvalue weighted by Crippen LogP contribution is 2.43. The monoisotopic (exact) mass is 926 g/mol. The van der Waals surface area contributed by atoms with Gasteiger partial charge in [0.1, 0.15) is 5.75 Å². The van der Waals surface area contributed by atoms with Crippen LogP contribution in [0.15, 0.2) is 152 Å². The van der Waals surface area contributed by atoms with Gasteiger partial charge in [-0.15, -0.1) is 0 Å². The molecular weight excluding hydrogens is 860 g/mol. The Morgan fingerprint density at radius 1 is 0.597 bits per heavy atom. The van der Waals surface area contributed by atoms with E-state index in [0.29, 0.717) is 10.8 Å². The molecule has 0 spiro atoms. The fraction of sp³-hybridized carbons (Fsp3) is 0.280. The van der Waals surface area contributed by atoms with Crippen LogP contribution in [0.5, 0.6) is 5.75 Å². The molecule has 0 N–H and O–H groups in total. The number of aryl methyl sites for hydroxylation is 4. The number of halogens is 3. The average Bonchev–Trinajstić information content (AvgIpc) is 3.20. The minimum absolute atomic E-state index is 0. The maximum Gasteiger partial charge on any atom is 0.534 e. The molecule has 6 aromatic rings. The van der Waals surface area contributed by atoms with Gasteiger partial charge >= 0.3 is 15.6 Å². The van der Waals surface area contributed by atoms with E-state index in [1.165, 1.54) is 17.5 Å². The van der Waals surface area contributed by atoms with Crippen molar-refractivity contribution in [3.63, 3.8) is 0 Å². The van der Waals surface area contributed by atoms with Gasteiger partial charge in [-0.25, -0.2) is 0 Å². The highest BCUT2D eigenvalue weighted by molar-refractivity contribution is 7.88. The SMILES string of the molecule is C.C.C.C.CCOP(c1ccccc1)c1ccccc1.Cc1ccc(C)c(P(=O)(c2ccccc2)c2ccccc2)c1.Cc1ccc(C)c([Si](C)(C)C)c1OS(=O)(=O)C(F)(F)F. The van der Waals surface area contributed by atoms with Crippen LogP contribution in [-0.2, 0) is 19.2 Å². The van der Waals surface area contributed by atoms with Crippen LogP contribution in [0.2, 0.25) is 19.6 Å². The second-order valence-corrected chi connectivity index (χ2v) is 25.7. The zero-order valence-corrected chi connectivity index (χ0v) is 37.7. The molecule has 0 heterocycles. The van der Waals surface area contributed by atoms with Crippen molar-refractivity contribution in [2.45, 2.75) is 89.5 Å². The highest BCUT2D eigenvalue weighted by Gasteiger charge is 2.49. The Kier molecular flexibility index (Phi) is 23.4. The number of rotatable bonds is 10. The third-order valence-corrected chi connectivity index (χ3v) is 17.3. The summed E-state index contributed by atoms with van der Waals surface area (Å²) >= 11 is 0. The van der Waals surface area contributed by atoms with E-state index in [4.69, 9.17) is 4.52 Å². The molecule has 62 heavy (non-hydrogen) atoms. The molecule has 12 heteroatoms. The fourth-order valence-corrected chi connectivity index (χ4v) is 13.8. The van der Waals surface area contributed by atoms with Gasteiger partial charge in [-0.1, -0.05) is 201 Å². The Hall–Kier alpha value is -4.30.